The van der Waals surface area contributed by atoms with Gasteiger partial charge in [0.15, 0.2) is 5.78 Å². The molecule has 0 aromatic rings. The lowest BCUT2D eigenvalue weighted by Crippen LogP contribution is -2.19. The Morgan fingerprint density at radius 1 is 1.05 bits per heavy atom. The molecule has 0 heterocycles. The predicted octanol–water partition coefficient (Wildman–Crippen LogP) is 4.60. The van der Waals surface area contributed by atoms with E-state index in [0.29, 0.717) is 12.8 Å². The van der Waals surface area contributed by atoms with Gasteiger partial charge in [-0.15, -0.1) is 0 Å². The highest BCUT2D eigenvalue weighted by Gasteiger charge is 2.22. The molecule has 0 aliphatic heterocycles. The lowest BCUT2D eigenvalue weighted by molar-refractivity contribution is -0.145. The van der Waals surface area contributed by atoms with Gasteiger partial charge in [-0.1, -0.05) is 51.0 Å². The predicted molar refractivity (Wildman–Crippen MR) is 85.1 cm³/mol. The van der Waals surface area contributed by atoms with E-state index in [1.165, 1.54) is 39.2 Å². The number of carbonyl (C=O) groups excluding carboxylic acids is 2. The van der Waals surface area contributed by atoms with Crippen LogP contribution in [0.4, 0.5) is 0 Å². The van der Waals surface area contributed by atoms with E-state index in [0.717, 1.165) is 31.3 Å². The molecule has 0 saturated heterocycles. The molecular formula is C18H30O3. The molecule has 3 nitrogen and oxygen atoms in total. The molecule has 0 amide bonds. The minimum absolute atomic E-state index is 0.159. The molecule has 0 spiro atoms. The molecule has 21 heavy (non-hydrogen) atoms. The van der Waals surface area contributed by atoms with Gasteiger partial charge in [0.1, 0.15) is 0 Å². The van der Waals surface area contributed by atoms with Gasteiger partial charge in [0.05, 0.1) is 13.0 Å². The molecule has 1 rings (SSSR count). The molecule has 1 aliphatic rings. The summed E-state index contributed by atoms with van der Waals surface area (Å²) in [4.78, 5) is 24.2. The molecule has 0 bridgehead atoms. The van der Waals surface area contributed by atoms with Crippen molar-refractivity contribution in [2.45, 2.75) is 77.6 Å². The standard InChI is InChI=1S/C18H30O3/c1-3-15-14-16(18(20)21-2)12-10-8-6-4-5-7-9-11-13-17(15)19/h3,16H,4-14H2,1-2H3/b15-3-. The highest BCUT2D eigenvalue weighted by molar-refractivity contribution is 5.95. The molecule has 0 N–H and O–H groups in total. The van der Waals surface area contributed by atoms with Crippen LogP contribution in [0.15, 0.2) is 11.6 Å². The molecule has 1 unspecified atom stereocenters. The Balaban J connectivity index is 2.69. The van der Waals surface area contributed by atoms with E-state index in [1.54, 1.807) is 0 Å². The molecule has 120 valence electrons. The average Bonchev–Trinajstić information content (AvgIpc) is 2.50. The van der Waals surface area contributed by atoms with Crippen molar-refractivity contribution >= 4 is 11.8 Å². The van der Waals surface area contributed by atoms with Crippen molar-refractivity contribution in [1.29, 1.82) is 0 Å². The van der Waals surface area contributed by atoms with E-state index in [-0.39, 0.29) is 17.7 Å². The summed E-state index contributed by atoms with van der Waals surface area (Å²) in [6.07, 6.45) is 13.2. The maximum atomic E-state index is 12.3. The van der Waals surface area contributed by atoms with Crippen molar-refractivity contribution < 1.29 is 14.3 Å². The fourth-order valence-corrected chi connectivity index (χ4v) is 3.03. The summed E-state index contributed by atoms with van der Waals surface area (Å²) in [6, 6.07) is 0. The summed E-state index contributed by atoms with van der Waals surface area (Å²) in [5.41, 5.74) is 0.808. The number of hydrogen-bond donors (Lipinski definition) is 0. The Morgan fingerprint density at radius 2 is 1.62 bits per heavy atom. The number of hydrogen-bond acceptors (Lipinski definition) is 3. The van der Waals surface area contributed by atoms with Gasteiger partial charge in [-0.2, -0.15) is 0 Å². The van der Waals surface area contributed by atoms with Crippen LogP contribution >= 0.6 is 0 Å². The maximum Gasteiger partial charge on any atom is 0.308 e. The molecule has 0 aromatic carbocycles. The Kier molecular flexibility index (Phi) is 9.04. The Hall–Kier alpha value is -1.12. The largest absolute Gasteiger partial charge is 0.469 e. The normalized spacial score (nSPS) is 25.3. The molecule has 1 atom stereocenters. The maximum absolute atomic E-state index is 12.3. The lowest BCUT2D eigenvalue weighted by atomic mass is 9.89. The first-order valence-corrected chi connectivity index (χ1v) is 8.45. The topological polar surface area (TPSA) is 43.4 Å². The first-order valence-electron chi connectivity index (χ1n) is 8.45. The second kappa shape index (κ2) is 10.6. The minimum Gasteiger partial charge on any atom is -0.469 e. The zero-order valence-electron chi connectivity index (χ0n) is 13.7. The molecule has 1 aliphatic carbocycles. The SMILES string of the molecule is C/C=C1/CC(C(=O)OC)CCCCCCCCCCC1=O. The van der Waals surface area contributed by atoms with Gasteiger partial charge >= 0.3 is 5.97 Å². The Labute approximate surface area is 129 Å². The molecule has 0 radical (unpaired) electrons. The average molecular weight is 294 g/mol. The number of rotatable bonds is 1. The summed E-state index contributed by atoms with van der Waals surface area (Å²) in [5.74, 6) is -0.120. The summed E-state index contributed by atoms with van der Waals surface area (Å²) < 4.78 is 4.91. The van der Waals surface area contributed by atoms with Crippen LogP contribution in [0, 0.1) is 5.92 Å². The highest BCUT2D eigenvalue weighted by atomic mass is 16.5. The van der Waals surface area contributed by atoms with Gasteiger partial charge in [0, 0.05) is 6.42 Å². The van der Waals surface area contributed by atoms with Gasteiger partial charge in [-0.3, -0.25) is 9.59 Å². The first kappa shape index (κ1) is 17.9. The van der Waals surface area contributed by atoms with Gasteiger partial charge in [0.2, 0.25) is 0 Å². The number of ether oxygens (including phenoxy) is 1. The summed E-state index contributed by atoms with van der Waals surface area (Å²) >= 11 is 0. The van der Waals surface area contributed by atoms with Crippen molar-refractivity contribution in [2.75, 3.05) is 7.11 Å². The fraction of sp³-hybridized carbons (Fsp3) is 0.778. The Bertz CT molecular complexity index is 357. The first-order chi connectivity index (χ1) is 10.2. The summed E-state index contributed by atoms with van der Waals surface area (Å²) in [7, 11) is 1.44. The highest BCUT2D eigenvalue weighted by Crippen LogP contribution is 2.23. The van der Waals surface area contributed by atoms with E-state index in [4.69, 9.17) is 4.74 Å². The van der Waals surface area contributed by atoms with Crippen LogP contribution in [-0.4, -0.2) is 18.9 Å². The number of methoxy groups -OCH3 is 1. The van der Waals surface area contributed by atoms with Gasteiger partial charge in [-0.05, 0) is 31.8 Å². The molecule has 3 heteroatoms. The zero-order valence-corrected chi connectivity index (χ0v) is 13.7. The van der Waals surface area contributed by atoms with Crippen LogP contribution in [0.5, 0.6) is 0 Å². The van der Waals surface area contributed by atoms with Crippen molar-refractivity contribution in [1.82, 2.24) is 0 Å². The van der Waals surface area contributed by atoms with Crippen LogP contribution in [0.3, 0.4) is 0 Å². The number of ketones is 1. The third-order valence-corrected chi connectivity index (χ3v) is 4.41. The quantitative estimate of drug-likeness (QED) is 0.524. The zero-order chi connectivity index (χ0) is 15.5. The van der Waals surface area contributed by atoms with Gasteiger partial charge in [0.25, 0.3) is 0 Å². The van der Waals surface area contributed by atoms with E-state index in [2.05, 4.69) is 0 Å². The Morgan fingerprint density at radius 3 is 2.19 bits per heavy atom. The smallest absolute Gasteiger partial charge is 0.308 e. The van der Waals surface area contributed by atoms with E-state index in [9.17, 15) is 9.59 Å². The second-order valence-corrected chi connectivity index (χ2v) is 6.03. The van der Waals surface area contributed by atoms with E-state index >= 15 is 0 Å². The van der Waals surface area contributed by atoms with Crippen molar-refractivity contribution in [3.8, 4) is 0 Å². The van der Waals surface area contributed by atoms with Crippen LogP contribution in [0.25, 0.3) is 0 Å². The van der Waals surface area contributed by atoms with Crippen LogP contribution < -0.4 is 0 Å². The summed E-state index contributed by atoms with van der Waals surface area (Å²) in [5, 5.41) is 0. The van der Waals surface area contributed by atoms with Crippen LogP contribution in [-0.2, 0) is 14.3 Å². The number of Topliss-reactive ketones (excluding diaryl/α,β-unsaturated/α-hetero) is 1. The second-order valence-electron chi connectivity index (χ2n) is 6.03. The molecule has 1 saturated carbocycles. The minimum atomic E-state index is -0.172. The van der Waals surface area contributed by atoms with E-state index in [1.807, 2.05) is 13.0 Å². The molecule has 0 aromatic heterocycles. The fourth-order valence-electron chi connectivity index (χ4n) is 3.03. The van der Waals surface area contributed by atoms with Crippen LogP contribution in [0.1, 0.15) is 77.6 Å². The van der Waals surface area contributed by atoms with Gasteiger partial charge in [-0.25, -0.2) is 0 Å². The number of carbonyl (C=O) groups is 2. The third kappa shape index (κ3) is 6.92. The lowest BCUT2D eigenvalue weighted by Gasteiger charge is -2.16. The monoisotopic (exact) mass is 294 g/mol. The third-order valence-electron chi connectivity index (χ3n) is 4.41. The molecule has 1 fully saturated rings. The van der Waals surface area contributed by atoms with Crippen molar-refractivity contribution in [3.63, 3.8) is 0 Å². The number of allylic oxidation sites excluding steroid dienone is 2. The van der Waals surface area contributed by atoms with Crippen molar-refractivity contribution in [2.24, 2.45) is 5.92 Å². The molecular weight excluding hydrogens is 264 g/mol. The summed E-state index contributed by atoms with van der Waals surface area (Å²) in [6.45, 7) is 1.89. The van der Waals surface area contributed by atoms with E-state index < -0.39 is 0 Å². The van der Waals surface area contributed by atoms with Crippen molar-refractivity contribution in [3.05, 3.63) is 11.6 Å². The van der Waals surface area contributed by atoms with Crippen LogP contribution in [0.2, 0.25) is 0 Å². The van der Waals surface area contributed by atoms with Gasteiger partial charge < -0.3 is 4.74 Å². The number of esters is 1.